The smallest absolute Gasteiger partial charge is 0.255 e. The monoisotopic (exact) mass is 383 g/mol. The zero-order valence-corrected chi connectivity index (χ0v) is 15.9. The minimum absolute atomic E-state index is 0.268. The number of H-pyrrole nitrogens is 1. The summed E-state index contributed by atoms with van der Waals surface area (Å²) in [6, 6.07) is 7.34. The summed E-state index contributed by atoms with van der Waals surface area (Å²) in [7, 11) is 0. The predicted molar refractivity (Wildman–Crippen MR) is 106 cm³/mol. The number of aliphatic hydroxyl groups is 1. The molecule has 1 atom stereocenters. The molecular formula is C20H22FN5O2. The molecule has 0 aliphatic carbocycles. The van der Waals surface area contributed by atoms with Crippen LogP contribution in [-0.4, -0.2) is 45.8 Å². The number of nitrogens with zero attached hydrogens (tertiary/aromatic N) is 2. The van der Waals surface area contributed by atoms with Gasteiger partial charge in [0.25, 0.3) is 5.91 Å². The number of nitriles is 1. The van der Waals surface area contributed by atoms with Crippen molar-refractivity contribution in [2.45, 2.75) is 32.5 Å². The SMILES string of the molecule is CCNc1c(C(=O)NC[C@@H](F)C(C)(C)O)cnc2c1[nH]c1cc(C#N)ccc12. The molecule has 1 amide bonds. The molecule has 146 valence electrons. The summed E-state index contributed by atoms with van der Waals surface area (Å²) in [5, 5.41) is 25.3. The van der Waals surface area contributed by atoms with Gasteiger partial charge in [-0.1, -0.05) is 0 Å². The Morgan fingerprint density at radius 1 is 1.46 bits per heavy atom. The van der Waals surface area contributed by atoms with Gasteiger partial charge in [0.15, 0.2) is 0 Å². The van der Waals surface area contributed by atoms with Gasteiger partial charge in [-0.25, -0.2) is 4.39 Å². The third-order valence-corrected chi connectivity index (χ3v) is 4.55. The summed E-state index contributed by atoms with van der Waals surface area (Å²) >= 11 is 0. The Balaban J connectivity index is 2.03. The highest BCUT2D eigenvalue weighted by Gasteiger charge is 2.27. The molecular weight excluding hydrogens is 361 g/mol. The molecule has 0 bridgehead atoms. The summed E-state index contributed by atoms with van der Waals surface area (Å²) in [5.41, 5.74) is 1.84. The fourth-order valence-corrected chi connectivity index (χ4v) is 2.96. The van der Waals surface area contributed by atoms with Crippen molar-refractivity contribution in [3.63, 3.8) is 0 Å². The summed E-state index contributed by atoms with van der Waals surface area (Å²) in [6.07, 6.45) is -0.161. The quantitative estimate of drug-likeness (QED) is 0.523. The highest BCUT2D eigenvalue weighted by atomic mass is 19.1. The van der Waals surface area contributed by atoms with Gasteiger partial charge >= 0.3 is 0 Å². The molecule has 4 N–H and O–H groups in total. The van der Waals surface area contributed by atoms with E-state index in [0.717, 1.165) is 10.9 Å². The van der Waals surface area contributed by atoms with Crippen molar-refractivity contribution in [2.75, 3.05) is 18.4 Å². The molecule has 2 heterocycles. The number of anilines is 1. The molecule has 3 aromatic rings. The molecule has 0 saturated heterocycles. The van der Waals surface area contributed by atoms with Gasteiger partial charge in [0.05, 0.1) is 46.1 Å². The number of amides is 1. The van der Waals surface area contributed by atoms with Crippen molar-refractivity contribution in [1.29, 1.82) is 5.26 Å². The summed E-state index contributed by atoms with van der Waals surface area (Å²) in [6.45, 7) is 4.84. The molecule has 28 heavy (non-hydrogen) atoms. The number of rotatable bonds is 6. The van der Waals surface area contributed by atoms with E-state index in [1.54, 1.807) is 12.1 Å². The summed E-state index contributed by atoms with van der Waals surface area (Å²) in [4.78, 5) is 20.3. The maximum Gasteiger partial charge on any atom is 0.255 e. The van der Waals surface area contributed by atoms with Crippen LogP contribution in [0.15, 0.2) is 24.4 Å². The van der Waals surface area contributed by atoms with Crippen molar-refractivity contribution in [3.05, 3.63) is 35.5 Å². The van der Waals surface area contributed by atoms with Crippen molar-refractivity contribution < 1.29 is 14.3 Å². The molecule has 7 nitrogen and oxygen atoms in total. The molecule has 0 aliphatic rings. The Kier molecular flexibility index (Phi) is 5.21. The first-order valence-electron chi connectivity index (χ1n) is 8.99. The number of aromatic nitrogens is 2. The van der Waals surface area contributed by atoms with Crippen LogP contribution in [0.2, 0.25) is 0 Å². The average Bonchev–Trinajstić information content (AvgIpc) is 3.03. The number of hydrogen-bond acceptors (Lipinski definition) is 5. The Morgan fingerprint density at radius 2 is 2.21 bits per heavy atom. The average molecular weight is 383 g/mol. The normalized spacial score (nSPS) is 12.7. The molecule has 0 spiro atoms. The van der Waals surface area contributed by atoms with Crippen LogP contribution >= 0.6 is 0 Å². The van der Waals surface area contributed by atoms with E-state index in [9.17, 15) is 14.3 Å². The van der Waals surface area contributed by atoms with Gasteiger partial charge in [-0.05, 0) is 39.0 Å². The largest absolute Gasteiger partial charge is 0.387 e. The molecule has 8 heteroatoms. The number of hydrogen-bond donors (Lipinski definition) is 4. The van der Waals surface area contributed by atoms with Crippen molar-refractivity contribution in [3.8, 4) is 6.07 Å². The number of carbonyl (C=O) groups is 1. The molecule has 3 rings (SSSR count). The number of nitrogens with one attached hydrogen (secondary N) is 3. The zero-order valence-electron chi connectivity index (χ0n) is 15.9. The third-order valence-electron chi connectivity index (χ3n) is 4.55. The van der Waals surface area contributed by atoms with Crippen molar-refractivity contribution >= 4 is 33.5 Å². The van der Waals surface area contributed by atoms with Crippen LogP contribution in [0.25, 0.3) is 21.9 Å². The lowest BCUT2D eigenvalue weighted by Gasteiger charge is -2.22. The van der Waals surface area contributed by atoms with Crippen LogP contribution in [0.3, 0.4) is 0 Å². The first kappa shape index (κ1) is 19.6. The first-order valence-corrected chi connectivity index (χ1v) is 8.99. The Morgan fingerprint density at radius 3 is 2.86 bits per heavy atom. The van der Waals surface area contributed by atoms with Crippen LogP contribution in [0.5, 0.6) is 0 Å². The van der Waals surface area contributed by atoms with Gasteiger partial charge in [-0.3, -0.25) is 9.78 Å². The molecule has 0 fully saturated rings. The van der Waals surface area contributed by atoms with E-state index in [4.69, 9.17) is 5.26 Å². The lowest BCUT2D eigenvalue weighted by atomic mass is 10.0. The van der Waals surface area contributed by atoms with Crippen LogP contribution in [-0.2, 0) is 0 Å². The minimum atomic E-state index is -1.60. The van der Waals surface area contributed by atoms with E-state index in [0.29, 0.717) is 28.8 Å². The molecule has 2 aromatic heterocycles. The Bertz CT molecular complexity index is 1080. The van der Waals surface area contributed by atoms with Gasteiger partial charge in [0.1, 0.15) is 6.17 Å². The lowest BCUT2D eigenvalue weighted by molar-refractivity contribution is -0.00177. The van der Waals surface area contributed by atoms with Crippen LogP contribution < -0.4 is 10.6 Å². The second-order valence-electron chi connectivity index (χ2n) is 7.13. The van der Waals surface area contributed by atoms with E-state index >= 15 is 0 Å². The maximum absolute atomic E-state index is 14.0. The number of aromatic amines is 1. The number of pyridine rings is 1. The van der Waals surface area contributed by atoms with Gasteiger partial charge in [0.2, 0.25) is 0 Å². The second-order valence-corrected chi connectivity index (χ2v) is 7.13. The van der Waals surface area contributed by atoms with Crippen LogP contribution in [0, 0.1) is 11.3 Å². The fourth-order valence-electron chi connectivity index (χ4n) is 2.96. The minimum Gasteiger partial charge on any atom is -0.387 e. The Labute approximate surface area is 161 Å². The number of fused-ring (bicyclic) bond motifs is 3. The molecule has 0 aliphatic heterocycles. The highest BCUT2D eigenvalue weighted by Crippen LogP contribution is 2.31. The Hall–Kier alpha value is -3.18. The van der Waals surface area contributed by atoms with Crippen LogP contribution in [0.1, 0.15) is 36.7 Å². The van der Waals surface area contributed by atoms with Gasteiger partial charge < -0.3 is 20.7 Å². The van der Waals surface area contributed by atoms with E-state index < -0.39 is 17.7 Å². The first-order chi connectivity index (χ1) is 13.3. The van der Waals surface area contributed by atoms with Gasteiger partial charge in [-0.15, -0.1) is 0 Å². The van der Waals surface area contributed by atoms with Gasteiger partial charge in [-0.2, -0.15) is 5.26 Å². The number of benzene rings is 1. The zero-order chi connectivity index (χ0) is 20.5. The molecule has 0 unspecified atom stereocenters. The predicted octanol–water partition coefficient (Wildman–Crippen LogP) is 2.86. The maximum atomic E-state index is 14.0. The highest BCUT2D eigenvalue weighted by molar-refractivity contribution is 6.13. The summed E-state index contributed by atoms with van der Waals surface area (Å²) in [5.74, 6) is -0.492. The number of alkyl halides is 1. The van der Waals surface area contributed by atoms with Crippen molar-refractivity contribution in [1.82, 2.24) is 15.3 Å². The van der Waals surface area contributed by atoms with Gasteiger partial charge in [0, 0.05) is 23.6 Å². The standard InChI is InChI=1S/C20H22FN5O2/c1-4-23-17-13(19(27)25-10-15(21)20(2,3)28)9-24-16-12-6-5-11(8-22)7-14(12)26-18(16)17/h5-7,9,15,26,28H,4,10H2,1-3H3,(H,23,24)(H,25,27)/t15-/m1/s1. The lowest BCUT2D eigenvalue weighted by Crippen LogP contribution is -2.42. The topological polar surface area (TPSA) is 114 Å². The van der Waals surface area contributed by atoms with E-state index in [1.165, 1.54) is 20.0 Å². The van der Waals surface area contributed by atoms with Crippen LogP contribution in [0.4, 0.5) is 10.1 Å². The molecule has 0 saturated carbocycles. The molecule has 0 radical (unpaired) electrons. The van der Waals surface area contributed by atoms with E-state index in [1.807, 2.05) is 13.0 Å². The number of carbonyl (C=O) groups excluding carboxylic acids is 1. The third kappa shape index (κ3) is 3.62. The summed E-state index contributed by atoms with van der Waals surface area (Å²) < 4.78 is 14.0. The fraction of sp³-hybridized carbons (Fsp3) is 0.350. The van der Waals surface area contributed by atoms with E-state index in [-0.39, 0.29) is 12.1 Å². The molecule has 1 aromatic carbocycles. The second kappa shape index (κ2) is 7.44. The van der Waals surface area contributed by atoms with Crippen molar-refractivity contribution in [2.24, 2.45) is 0 Å². The van der Waals surface area contributed by atoms with E-state index in [2.05, 4.69) is 26.7 Å². The number of halogens is 1.